The van der Waals surface area contributed by atoms with Gasteiger partial charge in [0.1, 0.15) is 6.61 Å². The van der Waals surface area contributed by atoms with Crippen LogP contribution in [-0.4, -0.2) is 77.8 Å². The van der Waals surface area contributed by atoms with Crippen LogP contribution < -0.4 is 0 Å². The first-order valence-electron chi connectivity index (χ1n) is 7.31. The summed E-state index contributed by atoms with van der Waals surface area (Å²) in [6, 6.07) is 0. The highest BCUT2D eigenvalue weighted by atomic mass is 19.4. The number of carbonyl (C=O) groups is 1. The number of aliphatic hydroxyl groups excluding tert-OH is 1. The van der Waals surface area contributed by atoms with Crippen LogP contribution in [0.15, 0.2) is 0 Å². The number of rotatable bonds is 10. The fraction of sp³-hybridized carbons (Fsp3) is 0.917. The summed E-state index contributed by atoms with van der Waals surface area (Å²) in [5.41, 5.74) is 0. The predicted octanol–water partition coefficient (Wildman–Crippen LogP) is 5.17. The van der Waals surface area contributed by atoms with E-state index in [2.05, 4.69) is 4.74 Å². The van der Waals surface area contributed by atoms with Crippen molar-refractivity contribution in [2.24, 2.45) is 0 Å². The third-order valence-electron chi connectivity index (χ3n) is 3.65. The van der Waals surface area contributed by atoms with Crippen molar-refractivity contribution < 1.29 is 98.1 Å². The molecule has 0 aliphatic carbocycles. The molecule has 0 heterocycles. The highest BCUT2D eigenvalue weighted by Crippen LogP contribution is 2.63. The van der Waals surface area contributed by atoms with Crippen LogP contribution in [0.5, 0.6) is 0 Å². The van der Waals surface area contributed by atoms with Gasteiger partial charge in [-0.3, -0.25) is 0 Å². The van der Waals surface area contributed by atoms with Gasteiger partial charge in [0.2, 0.25) is 0 Å². The molecular formula is C12H5F19O3. The lowest BCUT2D eigenvalue weighted by molar-refractivity contribution is -0.452. The number of carbonyl (C=O) groups excluding carboxylic acids is 1. The van der Waals surface area contributed by atoms with Crippen molar-refractivity contribution in [1.82, 2.24) is 0 Å². The van der Waals surface area contributed by atoms with Gasteiger partial charge in [-0.05, 0) is 0 Å². The quantitative estimate of drug-likeness (QED) is 0.298. The van der Waals surface area contributed by atoms with Crippen LogP contribution in [0.2, 0.25) is 0 Å². The van der Waals surface area contributed by atoms with Gasteiger partial charge in [-0.25, -0.2) is 4.79 Å². The van der Waals surface area contributed by atoms with E-state index in [1.54, 1.807) is 0 Å². The number of alkyl halides is 19. The molecule has 0 saturated carbocycles. The van der Waals surface area contributed by atoms with Gasteiger partial charge in [-0.1, -0.05) is 0 Å². The maximum absolute atomic E-state index is 13.4. The molecule has 0 aliphatic rings. The molecule has 204 valence electrons. The molecule has 0 amide bonds. The zero-order valence-corrected chi connectivity index (χ0v) is 14.9. The molecule has 3 nitrogen and oxygen atoms in total. The maximum Gasteiger partial charge on any atom is 0.422 e. The monoisotopic (exact) mass is 558 g/mol. The number of aliphatic hydroxyl groups is 1. The zero-order valence-electron chi connectivity index (χ0n) is 14.9. The molecule has 0 spiro atoms. The van der Waals surface area contributed by atoms with Crippen molar-refractivity contribution in [3.8, 4) is 0 Å². The number of ether oxygens (including phenoxy) is 1. The molecule has 0 fully saturated rings. The summed E-state index contributed by atoms with van der Waals surface area (Å²) in [6.45, 7) is -6.83. The summed E-state index contributed by atoms with van der Waals surface area (Å²) in [4.78, 5) is 10.6. The molecule has 0 bridgehead atoms. The van der Waals surface area contributed by atoms with E-state index in [1.807, 2.05) is 0 Å². The number of esters is 1. The van der Waals surface area contributed by atoms with Crippen molar-refractivity contribution in [2.75, 3.05) is 13.2 Å². The highest BCUT2D eigenvalue weighted by Gasteiger charge is 2.95. The summed E-state index contributed by atoms with van der Waals surface area (Å²) in [5, 5.41) is 7.83. The van der Waals surface area contributed by atoms with Crippen LogP contribution in [0, 0.1) is 0 Å². The van der Waals surface area contributed by atoms with Gasteiger partial charge >= 0.3 is 59.5 Å². The fourth-order valence-electron chi connectivity index (χ4n) is 1.68. The second-order valence-corrected chi connectivity index (χ2v) is 6.07. The number of hydrogen-bond acceptors (Lipinski definition) is 3. The molecular weight excluding hydrogens is 553 g/mol. The Kier molecular flexibility index (Phi) is 7.88. The smallest absolute Gasteiger partial charge is 0.422 e. The second-order valence-electron chi connectivity index (χ2n) is 6.07. The van der Waals surface area contributed by atoms with E-state index < -0.39 is 72.7 Å². The Balaban J connectivity index is 6.67. The first kappa shape index (κ1) is 32.1. The average Bonchev–Trinajstić information content (AvgIpc) is 2.63. The Morgan fingerprint density at radius 3 is 1.12 bits per heavy atom. The van der Waals surface area contributed by atoms with Gasteiger partial charge in [0.15, 0.2) is 6.61 Å². The summed E-state index contributed by atoms with van der Waals surface area (Å²) in [7, 11) is 0. The lowest BCUT2D eigenvalue weighted by Gasteiger charge is -2.43. The minimum atomic E-state index is -8.87. The average molecular weight is 558 g/mol. The Bertz CT molecular complexity index is 752. The minimum Gasteiger partial charge on any atom is -0.451 e. The number of hydrogen-bond donors (Lipinski definition) is 1. The minimum absolute atomic E-state index is 2.38. The van der Waals surface area contributed by atoms with Crippen LogP contribution in [0.25, 0.3) is 0 Å². The van der Waals surface area contributed by atoms with E-state index in [9.17, 15) is 88.2 Å². The van der Waals surface area contributed by atoms with E-state index in [1.165, 1.54) is 0 Å². The molecule has 0 radical (unpaired) electrons. The molecule has 0 aromatic carbocycles. The van der Waals surface area contributed by atoms with Crippen molar-refractivity contribution in [1.29, 1.82) is 0 Å². The molecule has 0 saturated heterocycles. The maximum atomic E-state index is 13.4. The molecule has 34 heavy (non-hydrogen) atoms. The van der Waals surface area contributed by atoms with Crippen LogP contribution in [-0.2, 0) is 9.53 Å². The Morgan fingerprint density at radius 2 is 0.824 bits per heavy atom. The molecule has 0 aliphatic heterocycles. The summed E-state index contributed by atoms with van der Waals surface area (Å²) >= 11 is 0. The van der Waals surface area contributed by atoms with Gasteiger partial charge in [-0.2, -0.15) is 83.4 Å². The summed E-state index contributed by atoms with van der Waals surface area (Å²) in [6.07, 6.45) is -5.86. The first-order valence-corrected chi connectivity index (χ1v) is 7.31. The van der Waals surface area contributed by atoms with E-state index in [4.69, 9.17) is 5.11 Å². The molecule has 0 unspecified atom stereocenters. The second kappa shape index (κ2) is 8.35. The van der Waals surface area contributed by atoms with Crippen LogP contribution in [0.1, 0.15) is 0 Å². The Hall–Kier alpha value is -1.90. The van der Waals surface area contributed by atoms with E-state index in [-0.39, 0.29) is 0 Å². The van der Waals surface area contributed by atoms with Crippen LogP contribution >= 0.6 is 0 Å². The number of halogens is 19. The van der Waals surface area contributed by atoms with E-state index >= 15 is 0 Å². The van der Waals surface area contributed by atoms with Gasteiger partial charge in [0.05, 0.1) is 0 Å². The largest absolute Gasteiger partial charge is 0.451 e. The first-order chi connectivity index (χ1) is 14.4. The van der Waals surface area contributed by atoms with Crippen molar-refractivity contribution in [2.45, 2.75) is 53.6 Å². The van der Waals surface area contributed by atoms with Crippen molar-refractivity contribution in [3.63, 3.8) is 0 Å². The van der Waals surface area contributed by atoms with Gasteiger partial charge in [-0.15, -0.1) is 0 Å². The Morgan fingerprint density at radius 1 is 0.529 bits per heavy atom. The third-order valence-corrected chi connectivity index (χ3v) is 3.65. The van der Waals surface area contributed by atoms with Gasteiger partial charge in [0.25, 0.3) is 0 Å². The molecule has 0 aromatic heterocycles. The Labute approximate surface area is 172 Å². The third kappa shape index (κ3) is 4.40. The summed E-state index contributed by atoms with van der Waals surface area (Å²) in [5.74, 6) is -70.2. The molecule has 0 atom stereocenters. The fourth-order valence-corrected chi connectivity index (χ4v) is 1.68. The van der Waals surface area contributed by atoms with Crippen molar-refractivity contribution in [3.05, 3.63) is 0 Å². The van der Waals surface area contributed by atoms with Gasteiger partial charge < -0.3 is 9.84 Å². The lowest BCUT2D eigenvalue weighted by atomic mass is 9.87. The van der Waals surface area contributed by atoms with Gasteiger partial charge in [0, 0.05) is 0 Å². The van der Waals surface area contributed by atoms with E-state index in [0.717, 1.165) is 0 Å². The highest BCUT2D eigenvalue weighted by molar-refractivity contribution is 5.79. The molecule has 22 heteroatoms. The molecule has 0 rings (SSSR count). The standard InChI is InChI=1S/C12H5F19O3/c13-4(14,1-32)7(20,21)9(24,25)11(28,29)12(30,31)10(26,27)8(22,23)6(18,19)3(33)34-2-5(15,16)17/h32H,1-2H2. The summed E-state index contributed by atoms with van der Waals surface area (Å²) < 4.78 is 249. The molecule has 0 aromatic rings. The van der Waals surface area contributed by atoms with Crippen molar-refractivity contribution >= 4 is 5.97 Å². The molecule has 1 N–H and O–H groups in total. The van der Waals surface area contributed by atoms with E-state index in [0.29, 0.717) is 0 Å². The normalized spacial score (nSPS) is 16.0. The zero-order chi connectivity index (χ0) is 28.2. The topological polar surface area (TPSA) is 46.5 Å². The van der Waals surface area contributed by atoms with Crippen LogP contribution in [0.4, 0.5) is 83.4 Å². The SMILES string of the molecule is O=C(OCC(F)(F)F)C(F)(F)C(F)(F)C(F)(F)C(F)(F)C(F)(F)C(F)(F)C(F)(F)C(F)(F)CO. The van der Waals surface area contributed by atoms with Crippen LogP contribution in [0.3, 0.4) is 0 Å². The predicted molar refractivity (Wildman–Crippen MR) is 63.7 cm³/mol. The lowest BCUT2D eigenvalue weighted by Crippen LogP contribution is -2.75.